The number of halogens is 2. The Labute approximate surface area is 179 Å². The first kappa shape index (κ1) is 20.9. The van der Waals surface area contributed by atoms with Crippen LogP contribution in [0.2, 0.25) is 0 Å². The van der Waals surface area contributed by atoms with E-state index in [9.17, 15) is 19.5 Å². The standard InChI is InChI=1S/C21H18Br2O5/c1-28-20(26)18-16(19(25)12-2-6-14(22)7-3-12)10-21(27,11-17(18)24)13-4-8-15(23)9-5-13/h2-9,16,18,27H,10-11H2,1H3/t16-,18+,21-/m1/s1. The van der Waals surface area contributed by atoms with E-state index in [-0.39, 0.29) is 18.6 Å². The van der Waals surface area contributed by atoms with Gasteiger partial charge in [0.1, 0.15) is 5.92 Å². The minimum Gasteiger partial charge on any atom is -0.468 e. The van der Waals surface area contributed by atoms with Gasteiger partial charge in [-0.15, -0.1) is 0 Å². The Morgan fingerprint density at radius 2 is 1.57 bits per heavy atom. The van der Waals surface area contributed by atoms with Gasteiger partial charge in [-0.25, -0.2) is 0 Å². The fourth-order valence-electron chi connectivity index (χ4n) is 3.65. The van der Waals surface area contributed by atoms with E-state index in [1.54, 1.807) is 48.5 Å². The Hall–Kier alpha value is -1.83. The number of hydrogen-bond donors (Lipinski definition) is 1. The molecule has 0 heterocycles. The number of benzene rings is 2. The lowest BCUT2D eigenvalue weighted by molar-refractivity contribution is -0.157. The molecule has 1 saturated carbocycles. The van der Waals surface area contributed by atoms with Crippen molar-refractivity contribution in [1.82, 2.24) is 0 Å². The Morgan fingerprint density at radius 3 is 2.11 bits per heavy atom. The van der Waals surface area contributed by atoms with Gasteiger partial charge in [-0.1, -0.05) is 56.1 Å². The summed E-state index contributed by atoms with van der Waals surface area (Å²) in [6.45, 7) is 0. The van der Waals surface area contributed by atoms with E-state index in [1.807, 2.05) is 0 Å². The molecule has 2 aromatic carbocycles. The van der Waals surface area contributed by atoms with Crippen molar-refractivity contribution in [3.8, 4) is 0 Å². The van der Waals surface area contributed by atoms with Crippen LogP contribution >= 0.6 is 31.9 Å². The molecule has 3 atom stereocenters. The van der Waals surface area contributed by atoms with Crippen LogP contribution in [0.5, 0.6) is 0 Å². The van der Waals surface area contributed by atoms with Gasteiger partial charge in [-0.2, -0.15) is 0 Å². The summed E-state index contributed by atoms with van der Waals surface area (Å²) in [6, 6.07) is 13.6. The summed E-state index contributed by atoms with van der Waals surface area (Å²) >= 11 is 6.66. The van der Waals surface area contributed by atoms with Crippen LogP contribution < -0.4 is 0 Å². The molecule has 0 amide bonds. The molecule has 0 aliphatic heterocycles. The highest BCUT2D eigenvalue weighted by Crippen LogP contribution is 2.43. The summed E-state index contributed by atoms with van der Waals surface area (Å²) < 4.78 is 6.41. The molecule has 1 N–H and O–H groups in total. The first-order valence-electron chi connectivity index (χ1n) is 8.64. The van der Waals surface area contributed by atoms with Crippen molar-refractivity contribution in [3.63, 3.8) is 0 Å². The normalized spacial score (nSPS) is 24.6. The second-order valence-electron chi connectivity index (χ2n) is 6.86. The number of Topliss-reactive ketones (excluding diaryl/α,β-unsaturated/α-hetero) is 2. The number of methoxy groups -OCH3 is 1. The minimum atomic E-state index is -1.53. The molecule has 7 heteroatoms. The monoisotopic (exact) mass is 508 g/mol. The average molecular weight is 510 g/mol. The fourth-order valence-corrected chi connectivity index (χ4v) is 4.18. The summed E-state index contributed by atoms with van der Waals surface area (Å²) in [5.41, 5.74) is -0.631. The molecule has 5 nitrogen and oxygen atoms in total. The van der Waals surface area contributed by atoms with Gasteiger partial charge in [0, 0.05) is 26.8 Å². The van der Waals surface area contributed by atoms with E-state index >= 15 is 0 Å². The second-order valence-corrected chi connectivity index (χ2v) is 8.70. The number of ether oxygens (including phenoxy) is 1. The Bertz CT molecular complexity index is 907. The van der Waals surface area contributed by atoms with Crippen LogP contribution in [0.15, 0.2) is 57.5 Å². The topological polar surface area (TPSA) is 80.7 Å². The molecular weight excluding hydrogens is 492 g/mol. The third-order valence-electron chi connectivity index (χ3n) is 5.08. The minimum absolute atomic E-state index is 0.0466. The Kier molecular flexibility index (Phi) is 6.17. The lowest BCUT2D eigenvalue weighted by atomic mass is 9.66. The number of ketones is 2. The van der Waals surface area contributed by atoms with Crippen molar-refractivity contribution in [3.05, 3.63) is 68.6 Å². The van der Waals surface area contributed by atoms with E-state index < -0.39 is 29.2 Å². The summed E-state index contributed by atoms with van der Waals surface area (Å²) in [6.07, 6.45) is -0.298. The van der Waals surface area contributed by atoms with E-state index in [0.717, 1.165) is 8.95 Å². The largest absolute Gasteiger partial charge is 0.468 e. The maximum Gasteiger partial charge on any atom is 0.316 e. The van der Waals surface area contributed by atoms with E-state index in [4.69, 9.17) is 4.74 Å². The van der Waals surface area contributed by atoms with E-state index in [1.165, 1.54) is 7.11 Å². The molecule has 0 bridgehead atoms. The molecule has 0 aromatic heterocycles. The summed E-state index contributed by atoms with van der Waals surface area (Å²) in [4.78, 5) is 38.3. The van der Waals surface area contributed by atoms with Gasteiger partial charge in [0.2, 0.25) is 0 Å². The zero-order chi connectivity index (χ0) is 20.5. The van der Waals surface area contributed by atoms with Crippen LogP contribution in [-0.4, -0.2) is 29.8 Å². The highest BCUT2D eigenvalue weighted by atomic mass is 79.9. The maximum atomic E-state index is 13.2. The Morgan fingerprint density at radius 1 is 1.04 bits per heavy atom. The lowest BCUT2D eigenvalue weighted by Crippen LogP contribution is -2.48. The summed E-state index contributed by atoms with van der Waals surface area (Å²) in [5, 5.41) is 11.2. The van der Waals surface area contributed by atoms with Crippen molar-refractivity contribution in [1.29, 1.82) is 0 Å². The van der Waals surface area contributed by atoms with Crippen molar-refractivity contribution in [2.75, 3.05) is 7.11 Å². The number of hydrogen-bond acceptors (Lipinski definition) is 5. The molecule has 1 aliphatic rings. The molecule has 1 aliphatic carbocycles. The van der Waals surface area contributed by atoms with Crippen LogP contribution in [0, 0.1) is 11.8 Å². The smallest absolute Gasteiger partial charge is 0.316 e. The van der Waals surface area contributed by atoms with Gasteiger partial charge in [-0.05, 0) is 36.2 Å². The molecule has 3 rings (SSSR count). The average Bonchev–Trinajstić information content (AvgIpc) is 2.67. The number of carbonyl (C=O) groups excluding carboxylic acids is 3. The van der Waals surface area contributed by atoms with Gasteiger partial charge in [0.05, 0.1) is 12.7 Å². The van der Waals surface area contributed by atoms with Crippen molar-refractivity contribution in [2.24, 2.45) is 11.8 Å². The predicted octanol–water partition coefficient (Wildman–Crippen LogP) is 4.05. The van der Waals surface area contributed by atoms with Gasteiger partial charge < -0.3 is 9.84 Å². The quantitative estimate of drug-likeness (QED) is 0.382. The zero-order valence-electron chi connectivity index (χ0n) is 15.0. The van der Waals surface area contributed by atoms with Crippen molar-refractivity contribution in [2.45, 2.75) is 18.4 Å². The Balaban J connectivity index is 2.01. The third kappa shape index (κ3) is 4.11. The first-order valence-corrected chi connectivity index (χ1v) is 10.2. The highest BCUT2D eigenvalue weighted by molar-refractivity contribution is 9.10. The van der Waals surface area contributed by atoms with Crippen LogP contribution in [0.4, 0.5) is 0 Å². The number of rotatable bonds is 4. The molecule has 0 unspecified atom stereocenters. The first-order chi connectivity index (χ1) is 13.2. The second kappa shape index (κ2) is 8.27. The lowest BCUT2D eigenvalue weighted by Gasteiger charge is -2.39. The number of aliphatic hydroxyl groups is 1. The van der Waals surface area contributed by atoms with Gasteiger partial charge in [0.15, 0.2) is 11.6 Å². The van der Waals surface area contributed by atoms with Crippen molar-refractivity contribution >= 4 is 49.4 Å². The van der Waals surface area contributed by atoms with Gasteiger partial charge >= 0.3 is 5.97 Å². The number of esters is 1. The molecule has 0 spiro atoms. The molecule has 2 aromatic rings. The van der Waals surface area contributed by atoms with Crippen molar-refractivity contribution < 1.29 is 24.2 Å². The number of carbonyl (C=O) groups is 3. The molecule has 0 saturated heterocycles. The van der Waals surface area contributed by atoms with Crippen LogP contribution in [0.1, 0.15) is 28.8 Å². The highest BCUT2D eigenvalue weighted by Gasteiger charge is 2.51. The maximum absolute atomic E-state index is 13.2. The van der Waals surface area contributed by atoms with Crippen LogP contribution in [0.3, 0.4) is 0 Å². The van der Waals surface area contributed by atoms with Gasteiger partial charge in [-0.3, -0.25) is 14.4 Å². The third-order valence-corrected chi connectivity index (χ3v) is 6.13. The van der Waals surface area contributed by atoms with Crippen LogP contribution in [-0.2, 0) is 19.9 Å². The fraction of sp³-hybridized carbons (Fsp3) is 0.286. The summed E-state index contributed by atoms with van der Waals surface area (Å²) in [7, 11) is 1.19. The van der Waals surface area contributed by atoms with E-state index in [2.05, 4.69) is 31.9 Å². The summed E-state index contributed by atoms with van der Waals surface area (Å²) in [5.74, 6) is -3.86. The molecule has 146 valence electrons. The SMILES string of the molecule is COC(=O)[C@@H]1C(=O)C[C@@](O)(c2ccc(Br)cc2)C[C@H]1C(=O)c1ccc(Br)cc1. The van der Waals surface area contributed by atoms with Gasteiger partial charge in [0.25, 0.3) is 0 Å². The molecular formula is C21H18Br2O5. The van der Waals surface area contributed by atoms with Crippen LogP contribution in [0.25, 0.3) is 0 Å². The molecule has 28 heavy (non-hydrogen) atoms. The predicted molar refractivity (Wildman–Crippen MR) is 110 cm³/mol. The molecule has 0 radical (unpaired) electrons. The zero-order valence-corrected chi connectivity index (χ0v) is 18.2. The van der Waals surface area contributed by atoms with E-state index in [0.29, 0.717) is 11.1 Å². The molecule has 1 fully saturated rings.